The summed E-state index contributed by atoms with van der Waals surface area (Å²) >= 11 is 0. The molecule has 0 aliphatic carbocycles. The van der Waals surface area contributed by atoms with E-state index in [1.54, 1.807) is 12.1 Å². The number of carboxylic acids is 1. The maximum Gasteiger partial charge on any atom is 0.308 e. The van der Waals surface area contributed by atoms with Crippen LogP contribution < -0.4 is 4.74 Å². The average molecular weight is 339 g/mol. The van der Waals surface area contributed by atoms with Gasteiger partial charge in [-0.05, 0) is 57.4 Å². The van der Waals surface area contributed by atoms with Gasteiger partial charge in [0.2, 0.25) is 10.0 Å². The van der Waals surface area contributed by atoms with Crippen LogP contribution >= 0.6 is 0 Å². The molecule has 1 aromatic rings. The van der Waals surface area contributed by atoms with Crippen molar-refractivity contribution >= 4 is 16.0 Å². The molecule has 1 N–H and O–H groups in total. The molecule has 2 fully saturated rings. The summed E-state index contributed by atoms with van der Waals surface area (Å²) in [5.74, 6) is -0.878. The third-order valence-corrected chi connectivity index (χ3v) is 6.55. The van der Waals surface area contributed by atoms with Crippen molar-refractivity contribution in [3.63, 3.8) is 0 Å². The zero-order valence-electron chi connectivity index (χ0n) is 13.2. The molecule has 2 heterocycles. The predicted octanol–water partition coefficient (Wildman–Crippen LogP) is 2.10. The van der Waals surface area contributed by atoms with E-state index in [9.17, 15) is 18.3 Å². The second kappa shape index (κ2) is 5.79. The van der Waals surface area contributed by atoms with Crippen LogP contribution in [0.25, 0.3) is 0 Å². The highest BCUT2D eigenvalue weighted by Crippen LogP contribution is 2.45. The molecule has 0 amide bonds. The monoisotopic (exact) mass is 339 g/mol. The van der Waals surface area contributed by atoms with Crippen molar-refractivity contribution in [2.24, 2.45) is 5.92 Å². The van der Waals surface area contributed by atoms with E-state index in [1.165, 1.54) is 16.4 Å². The number of benzene rings is 1. The van der Waals surface area contributed by atoms with Crippen LogP contribution in [-0.2, 0) is 14.8 Å². The van der Waals surface area contributed by atoms with Crippen LogP contribution in [-0.4, -0.2) is 42.0 Å². The largest absolute Gasteiger partial charge is 0.491 e. The molecule has 1 aromatic carbocycles. The van der Waals surface area contributed by atoms with Gasteiger partial charge >= 0.3 is 5.97 Å². The molecule has 0 saturated carbocycles. The number of sulfonamides is 1. The third-order valence-electron chi connectivity index (χ3n) is 4.56. The number of carbonyl (C=O) groups is 1. The Kier molecular flexibility index (Phi) is 4.10. The van der Waals surface area contributed by atoms with Gasteiger partial charge in [-0.15, -0.1) is 0 Å². The number of fused-ring (bicyclic) bond motifs is 2. The lowest BCUT2D eigenvalue weighted by Gasteiger charge is -2.22. The van der Waals surface area contributed by atoms with Crippen molar-refractivity contribution in [1.82, 2.24) is 4.31 Å². The minimum atomic E-state index is -3.67. The van der Waals surface area contributed by atoms with Crippen LogP contribution in [0.5, 0.6) is 5.75 Å². The van der Waals surface area contributed by atoms with Crippen molar-refractivity contribution in [1.29, 1.82) is 0 Å². The molecule has 0 radical (unpaired) electrons. The maximum atomic E-state index is 12.9. The van der Waals surface area contributed by atoms with E-state index in [0.29, 0.717) is 18.6 Å². The molecule has 0 spiro atoms. The molecule has 0 aromatic heterocycles. The van der Waals surface area contributed by atoms with Crippen molar-refractivity contribution in [3.8, 4) is 5.75 Å². The van der Waals surface area contributed by atoms with Gasteiger partial charge in [0.05, 0.1) is 16.9 Å². The molecule has 23 heavy (non-hydrogen) atoms. The summed E-state index contributed by atoms with van der Waals surface area (Å²) in [6.07, 6.45) is 1.79. The average Bonchev–Trinajstić information content (AvgIpc) is 3.05. The SMILES string of the molecule is CC(C)Oc1ccc(S(=O)(=O)N2C3CCC2C(C(=O)O)C3)cc1. The first kappa shape index (κ1) is 16.3. The van der Waals surface area contributed by atoms with Crippen molar-refractivity contribution < 1.29 is 23.1 Å². The lowest BCUT2D eigenvalue weighted by molar-refractivity contribution is -0.142. The Hall–Kier alpha value is -1.60. The van der Waals surface area contributed by atoms with Crippen LogP contribution in [0.2, 0.25) is 0 Å². The minimum Gasteiger partial charge on any atom is -0.491 e. The van der Waals surface area contributed by atoms with Gasteiger partial charge < -0.3 is 9.84 Å². The summed E-state index contributed by atoms with van der Waals surface area (Å²) in [6, 6.07) is 5.71. The summed E-state index contributed by atoms with van der Waals surface area (Å²) in [7, 11) is -3.67. The number of rotatable bonds is 5. The lowest BCUT2D eigenvalue weighted by Crippen LogP contribution is -2.37. The summed E-state index contributed by atoms with van der Waals surface area (Å²) in [4.78, 5) is 11.5. The quantitative estimate of drug-likeness (QED) is 0.888. The summed E-state index contributed by atoms with van der Waals surface area (Å²) < 4.78 is 32.7. The first-order chi connectivity index (χ1) is 10.8. The highest BCUT2D eigenvalue weighted by atomic mass is 32.2. The third kappa shape index (κ3) is 2.83. The smallest absolute Gasteiger partial charge is 0.308 e. The fraction of sp³-hybridized carbons (Fsp3) is 0.562. The van der Waals surface area contributed by atoms with Crippen LogP contribution in [0.15, 0.2) is 29.2 Å². The second-order valence-electron chi connectivity index (χ2n) is 6.45. The van der Waals surface area contributed by atoms with E-state index in [2.05, 4.69) is 0 Å². The number of ether oxygens (including phenoxy) is 1. The van der Waals surface area contributed by atoms with Crippen LogP contribution in [0.1, 0.15) is 33.1 Å². The van der Waals surface area contributed by atoms with E-state index in [4.69, 9.17) is 4.74 Å². The van der Waals surface area contributed by atoms with Gasteiger partial charge in [0.25, 0.3) is 0 Å². The highest BCUT2D eigenvalue weighted by Gasteiger charge is 2.54. The van der Waals surface area contributed by atoms with Gasteiger partial charge in [-0.3, -0.25) is 4.79 Å². The van der Waals surface area contributed by atoms with Gasteiger partial charge in [-0.2, -0.15) is 4.31 Å². The Bertz CT molecular complexity index is 698. The van der Waals surface area contributed by atoms with E-state index in [-0.39, 0.29) is 17.0 Å². The molecular formula is C16H21NO5S. The van der Waals surface area contributed by atoms with Crippen molar-refractivity contribution in [2.45, 2.75) is 56.2 Å². The molecule has 2 aliphatic rings. The van der Waals surface area contributed by atoms with E-state index >= 15 is 0 Å². The standard InChI is InChI=1S/C16H21NO5S/c1-10(2)22-12-4-6-13(7-5-12)23(20,21)17-11-3-8-15(17)14(9-11)16(18)19/h4-7,10-11,14-15H,3,8-9H2,1-2H3,(H,18,19). The summed E-state index contributed by atoms with van der Waals surface area (Å²) in [5.41, 5.74) is 0. The van der Waals surface area contributed by atoms with E-state index in [1.807, 2.05) is 13.8 Å². The zero-order chi connectivity index (χ0) is 16.8. The van der Waals surface area contributed by atoms with Crippen molar-refractivity contribution in [2.75, 3.05) is 0 Å². The van der Waals surface area contributed by atoms with Crippen LogP contribution in [0.3, 0.4) is 0 Å². The topological polar surface area (TPSA) is 83.9 Å². The van der Waals surface area contributed by atoms with Crippen LogP contribution in [0, 0.1) is 5.92 Å². The summed E-state index contributed by atoms with van der Waals surface area (Å²) in [5, 5.41) is 9.27. The fourth-order valence-electron chi connectivity index (χ4n) is 3.66. The molecular weight excluding hydrogens is 318 g/mol. The number of hydrogen-bond acceptors (Lipinski definition) is 4. The Morgan fingerprint density at radius 3 is 2.43 bits per heavy atom. The first-order valence-electron chi connectivity index (χ1n) is 7.84. The second-order valence-corrected chi connectivity index (χ2v) is 8.30. The molecule has 2 saturated heterocycles. The maximum absolute atomic E-state index is 12.9. The van der Waals surface area contributed by atoms with Gasteiger partial charge in [-0.1, -0.05) is 0 Å². The van der Waals surface area contributed by atoms with E-state index in [0.717, 1.165) is 6.42 Å². The lowest BCUT2D eigenvalue weighted by atomic mass is 9.89. The molecule has 2 aliphatic heterocycles. The fourth-order valence-corrected chi connectivity index (χ4v) is 5.58. The predicted molar refractivity (Wildman–Crippen MR) is 83.8 cm³/mol. The van der Waals surface area contributed by atoms with Gasteiger partial charge in [0.15, 0.2) is 0 Å². The highest BCUT2D eigenvalue weighted by molar-refractivity contribution is 7.89. The molecule has 3 unspecified atom stereocenters. The number of nitrogens with zero attached hydrogens (tertiary/aromatic N) is 1. The molecule has 126 valence electrons. The number of aliphatic carboxylic acids is 1. The Labute approximate surface area is 136 Å². The summed E-state index contributed by atoms with van der Waals surface area (Å²) in [6.45, 7) is 3.80. The number of carboxylic acid groups (broad SMARTS) is 1. The first-order valence-corrected chi connectivity index (χ1v) is 9.28. The molecule has 6 nitrogen and oxygen atoms in total. The van der Waals surface area contributed by atoms with Crippen LogP contribution in [0.4, 0.5) is 0 Å². The Balaban J connectivity index is 1.86. The molecule has 7 heteroatoms. The van der Waals surface area contributed by atoms with Gasteiger partial charge in [-0.25, -0.2) is 8.42 Å². The molecule has 3 rings (SSSR count). The van der Waals surface area contributed by atoms with Gasteiger partial charge in [0, 0.05) is 12.1 Å². The van der Waals surface area contributed by atoms with Crippen molar-refractivity contribution in [3.05, 3.63) is 24.3 Å². The van der Waals surface area contributed by atoms with Gasteiger partial charge in [0.1, 0.15) is 5.75 Å². The normalized spacial score (nSPS) is 27.5. The Morgan fingerprint density at radius 2 is 1.91 bits per heavy atom. The Morgan fingerprint density at radius 1 is 1.26 bits per heavy atom. The molecule has 2 bridgehead atoms. The minimum absolute atomic E-state index is 0.0169. The number of hydrogen-bond donors (Lipinski definition) is 1. The zero-order valence-corrected chi connectivity index (χ0v) is 14.0. The van der Waals surface area contributed by atoms with E-state index < -0.39 is 28.0 Å². The molecule has 3 atom stereocenters.